The van der Waals surface area contributed by atoms with Gasteiger partial charge in [-0.05, 0) is 63.1 Å². The molecule has 33 heavy (non-hydrogen) atoms. The van der Waals surface area contributed by atoms with Gasteiger partial charge in [0.15, 0.2) is 0 Å². The van der Waals surface area contributed by atoms with E-state index in [-0.39, 0.29) is 12.5 Å². The van der Waals surface area contributed by atoms with Gasteiger partial charge in [-0.1, -0.05) is 6.07 Å². The number of ether oxygens (including phenoxy) is 1. The average molecular weight is 456 g/mol. The van der Waals surface area contributed by atoms with E-state index in [1.54, 1.807) is 0 Å². The number of hydrogen-bond donors (Lipinski definition) is 1. The predicted octanol–water partition coefficient (Wildman–Crippen LogP) is 3.25. The van der Waals surface area contributed by atoms with Crippen LogP contribution in [0.2, 0.25) is 0 Å². The standard InChI is InChI=1S/C26H37N3O4/c1-3-29(4-2)26(31)21-6-5-11-27(16-21)15-20-7-10-25-22(14-20)17-28(12-13-32-25)18-23-8-9-24(19-30)33-23/h7-10,14,21,30H,3-6,11-13,15-19H2,1-2H3. The lowest BCUT2D eigenvalue weighted by Crippen LogP contribution is -2.44. The lowest BCUT2D eigenvalue weighted by molar-refractivity contribution is -0.137. The summed E-state index contributed by atoms with van der Waals surface area (Å²) in [6.45, 7) is 11.3. The number of rotatable bonds is 8. The van der Waals surface area contributed by atoms with Crippen molar-refractivity contribution in [2.24, 2.45) is 5.92 Å². The largest absolute Gasteiger partial charge is 0.492 e. The highest BCUT2D eigenvalue weighted by Gasteiger charge is 2.28. The number of benzene rings is 1. The fourth-order valence-corrected chi connectivity index (χ4v) is 5.00. The van der Waals surface area contributed by atoms with Crippen molar-refractivity contribution in [3.8, 4) is 5.75 Å². The first-order valence-corrected chi connectivity index (χ1v) is 12.3. The van der Waals surface area contributed by atoms with Crippen LogP contribution in [0.3, 0.4) is 0 Å². The summed E-state index contributed by atoms with van der Waals surface area (Å²) in [4.78, 5) is 19.6. The summed E-state index contributed by atoms with van der Waals surface area (Å²) in [6, 6.07) is 10.3. The molecule has 0 saturated carbocycles. The van der Waals surface area contributed by atoms with Crippen LogP contribution < -0.4 is 4.74 Å². The lowest BCUT2D eigenvalue weighted by atomic mass is 9.95. The second kappa shape index (κ2) is 11.2. The van der Waals surface area contributed by atoms with Gasteiger partial charge in [0.25, 0.3) is 0 Å². The minimum absolute atomic E-state index is 0.0762. The number of nitrogens with zero attached hydrogens (tertiary/aromatic N) is 3. The van der Waals surface area contributed by atoms with Gasteiger partial charge < -0.3 is 19.2 Å². The Hall–Kier alpha value is -2.35. The first kappa shape index (κ1) is 23.8. The molecule has 1 aromatic heterocycles. The Bertz CT molecular complexity index is 924. The first-order chi connectivity index (χ1) is 16.1. The summed E-state index contributed by atoms with van der Waals surface area (Å²) < 4.78 is 11.7. The van der Waals surface area contributed by atoms with E-state index in [9.17, 15) is 9.90 Å². The molecule has 7 heteroatoms. The molecular formula is C26H37N3O4. The van der Waals surface area contributed by atoms with Crippen LogP contribution in [0.5, 0.6) is 5.75 Å². The number of furan rings is 1. The fourth-order valence-electron chi connectivity index (χ4n) is 5.00. The maximum Gasteiger partial charge on any atom is 0.226 e. The van der Waals surface area contributed by atoms with Crippen LogP contribution >= 0.6 is 0 Å². The smallest absolute Gasteiger partial charge is 0.226 e. The van der Waals surface area contributed by atoms with Gasteiger partial charge in [0.1, 0.15) is 30.5 Å². The van der Waals surface area contributed by atoms with Crippen molar-refractivity contribution in [1.82, 2.24) is 14.7 Å². The number of carbonyl (C=O) groups excluding carboxylic acids is 1. The van der Waals surface area contributed by atoms with Crippen LogP contribution in [0.4, 0.5) is 0 Å². The molecule has 1 fully saturated rings. The van der Waals surface area contributed by atoms with E-state index in [0.29, 0.717) is 24.8 Å². The molecule has 1 saturated heterocycles. The van der Waals surface area contributed by atoms with E-state index >= 15 is 0 Å². The maximum absolute atomic E-state index is 12.9. The topological polar surface area (TPSA) is 69.4 Å². The van der Waals surface area contributed by atoms with Crippen LogP contribution in [0, 0.1) is 5.92 Å². The summed E-state index contributed by atoms with van der Waals surface area (Å²) in [7, 11) is 0. The number of amides is 1. The summed E-state index contributed by atoms with van der Waals surface area (Å²) in [5.41, 5.74) is 2.45. The van der Waals surface area contributed by atoms with Crippen molar-refractivity contribution < 1.29 is 19.1 Å². The van der Waals surface area contributed by atoms with Crippen molar-refractivity contribution in [3.05, 3.63) is 53.0 Å². The molecule has 0 radical (unpaired) electrons. The van der Waals surface area contributed by atoms with Crippen LogP contribution in [-0.4, -0.2) is 65.0 Å². The Balaban J connectivity index is 1.40. The molecule has 7 nitrogen and oxygen atoms in total. The molecule has 1 aromatic carbocycles. The Morgan fingerprint density at radius 2 is 1.91 bits per heavy atom. The normalized spacial score (nSPS) is 19.5. The second-order valence-corrected chi connectivity index (χ2v) is 9.11. The number of carbonyl (C=O) groups is 1. The van der Waals surface area contributed by atoms with E-state index in [0.717, 1.165) is 70.2 Å². The fraction of sp³-hybridized carbons (Fsp3) is 0.577. The molecule has 1 atom stereocenters. The first-order valence-electron chi connectivity index (χ1n) is 12.3. The lowest BCUT2D eigenvalue weighted by Gasteiger charge is -2.34. The molecule has 2 aromatic rings. The summed E-state index contributed by atoms with van der Waals surface area (Å²) >= 11 is 0. The zero-order valence-corrected chi connectivity index (χ0v) is 20.0. The van der Waals surface area contributed by atoms with Gasteiger partial charge in [-0.2, -0.15) is 0 Å². The summed E-state index contributed by atoms with van der Waals surface area (Å²) in [5.74, 6) is 2.81. The summed E-state index contributed by atoms with van der Waals surface area (Å²) in [5, 5.41) is 9.24. The molecule has 1 amide bonds. The minimum Gasteiger partial charge on any atom is -0.492 e. The van der Waals surface area contributed by atoms with E-state index in [2.05, 4.69) is 41.8 Å². The van der Waals surface area contributed by atoms with Gasteiger partial charge in [-0.25, -0.2) is 0 Å². The minimum atomic E-state index is -0.0762. The van der Waals surface area contributed by atoms with E-state index in [1.165, 1.54) is 11.1 Å². The van der Waals surface area contributed by atoms with Crippen LogP contribution in [0.1, 0.15) is 49.3 Å². The van der Waals surface area contributed by atoms with Gasteiger partial charge >= 0.3 is 0 Å². The molecule has 0 bridgehead atoms. The molecule has 180 valence electrons. The van der Waals surface area contributed by atoms with Crippen LogP contribution in [0.15, 0.2) is 34.7 Å². The van der Waals surface area contributed by atoms with Gasteiger partial charge in [-0.3, -0.25) is 14.6 Å². The molecule has 2 aliphatic rings. The number of hydrogen-bond acceptors (Lipinski definition) is 6. The molecule has 2 aliphatic heterocycles. The van der Waals surface area contributed by atoms with Crippen molar-refractivity contribution in [2.75, 3.05) is 39.3 Å². The molecule has 3 heterocycles. The van der Waals surface area contributed by atoms with Gasteiger partial charge in [0, 0.05) is 44.8 Å². The number of fused-ring (bicyclic) bond motifs is 1. The highest BCUT2D eigenvalue weighted by molar-refractivity contribution is 5.79. The van der Waals surface area contributed by atoms with Crippen molar-refractivity contribution in [2.45, 2.75) is 52.9 Å². The second-order valence-electron chi connectivity index (χ2n) is 9.11. The number of aliphatic hydroxyl groups is 1. The van der Waals surface area contributed by atoms with Crippen LogP contribution in [0.25, 0.3) is 0 Å². The van der Waals surface area contributed by atoms with E-state index in [4.69, 9.17) is 9.15 Å². The molecule has 0 aliphatic carbocycles. The van der Waals surface area contributed by atoms with Gasteiger partial charge in [0.2, 0.25) is 5.91 Å². The highest BCUT2D eigenvalue weighted by Crippen LogP contribution is 2.27. The van der Waals surface area contributed by atoms with Crippen molar-refractivity contribution >= 4 is 5.91 Å². The molecule has 0 spiro atoms. The molecule has 4 rings (SSSR count). The Morgan fingerprint density at radius 1 is 1.09 bits per heavy atom. The van der Waals surface area contributed by atoms with E-state index in [1.807, 2.05) is 17.0 Å². The zero-order chi connectivity index (χ0) is 23.2. The third-order valence-electron chi connectivity index (χ3n) is 6.77. The zero-order valence-electron chi connectivity index (χ0n) is 20.0. The molecular weight excluding hydrogens is 418 g/mol. The predicted molar refractivity (Wildman–Crippen MR) is 127 cm³/mol. The quantitative estimate of drug-likeness (QED) is 0.659. The SMILES string of the molecule is CCN(CC)C(=O)C1CCCN(Cc2ccc3c(c2)CN(Cc2ccc(CO)o2)CCO3)C1. The summed E-state index contributed by atoms with van der Waals surface area (Å²) in [6.07, 6.45) is 2.06. The van der Waals surface area contributed by atoms with E-state index < -0.39 is 0 Å². The van der Waals surface area contributed by atoms with Crippen LogP contribution in [-0.2, 0) is 31.0 Å². The maximum atomic E-state index is 12.9. The Labute approximate surface area is 196 Å². The van der Waals surface area contributed by atoms with Gasteiger partial charge in [0.05, 0.1) is 12.5 Å². The van der Waals surface area contributed by atoms with Crippen molar-refractivity contribution in [1.29, 1.82) is 0 Å². The monoisotopic (exact) mass is 455 g/mol. The molecule has 1 unspecified atom stereocenters. The number of aliphatic hydroxyl groups excluding tert-OH is 1. The third kappa shape index (κ3) is 5.96. The third-order valence-corrected chi connectivity index (χ3v) is 6.77. The average Bonchev–Trinajstić information content (AvgIpc) is 3.19. The highest BCUT2D eigenvalue weighted by atomic mass is 16.5. The number of likely N-dealkylation sites (tertiary alicyclic amines) is 1. The van der Waals surface area contributed by atoms with Crippen molar-refractivity contribution in [3.63, 3.8) is 0 Å². The Morgan fingerprint density at radius 3 is 2.67 bits per heavy atom. The molecule has 1 N–H and O–H groups in total. The Kier molecular flexibility index (Phi) is 8.06. The number of piperidine rings is 1. The van der Waals surface area contributed by atoms with Gasteiger partial charge in [-0.15, -0.1) is 0 Å².